The van der Waals surface area contributed by atoms with E-state index in [-0.39, 0.29) is 0 Å². The van der Waals surface area contributed by atoms with Crippen molar-refractivity contribution in [1.29, 1.82) is 0 Å². The number of aliphatic imine (C=N–C) groups is 2. The summed E-state index contributed by atoms with van der Waals surface area (Å²) < 4.78 is 17.7. The fraction of sp³-hybridized carbons (Fsp3) is 0.0175. The van der Waals surface area contributed by atoms with E-state index in [2.05, 4.69) is 162 Å². The van der Waals surface area contributed by atoms with Gasteiger partial charge in [0.2, 0.25) is 0 Å². The third-order valence-electron chi connectivity index (χ3n) is 12.9. The number of hydrogen-bond acceptors (Lipinski definition) is 6. The van der Waals surface area contributed by atoms with E-state index < -0.39 is 6.17 Å². The summed E-state index contributed by atoms with van der Waals surface area (Å²) >= 11 is 1.81. The van der Waals surface area contributed by atoms with Crippen LogP contribution in [0.5, 0.6) is 0 Å². The van der Waals surface area contributed by atoms with Gasteiger partial charge in [0.15, 0.2) is 5.84 Å². The van der Waals surface area contributed by atoms with Crippen molar-refractivity contribution >= 4 is 109 Å². The Kier molecular flexibility index (Phi) is 7.52. The lowest BCUT2D eigenvalue weighted by Crippen LogP contribution is -2.33. The van der Waals surface area contributed by atoms with E-state index in [0.29, 0.717) is 5.84 Å². The molecule has 4 aromatic heterocycles. The molecular weight excluding hydrogens is 805 g/mol. The van der Waals surface area contributed by atoms with Crippen LogP contribution in [-0.2, 0) is 0 Å². The van der Waals surface area contributed by atoms with E-state index in [0.717, 1.165) is 83.2 Å². The minimum absolute atomic E-state index is 0.400. The maximum absolute atomic E-state index is 6.67. The third kappa shape index (κ3) is 5.25. The van der Waals surface area contributed by atoms with Gasteiger partial charge in [-0.2, -0.15) is 0 Å². The number of nitrogens with one attached hydrogen (secondary N) is 1. The molecule has 1 aliphatic rings. The zero-order valence-corrected chi connectivity index (χ0v) is 34.9. The number of aromatic nitrogens is 1. The van der Waals surface area contributed by atoms with Crippen LogP contribution in [0.1, 0.15) is 22.9 Å². The largest absolute Gasteiger partial charge is 0.456 e. The summed E-state index contributed by atoms with van der Waals surface area (Å²) in [5.74, 6) is 1.47. The zero-order valence-electron chi connectivity index (χ0n) is 34.1. The van der Waals surface area contributed by atoms with Gasteiger partial charge in [-0.15, -0.1) is 11.3 Å². The molecule has 0 saturated heterocycles. The lowest BCUT2D eigenvalue weighted by Gasteiger charge is -2.24. The van der Waals surface area contributed by atoms with Crippen molar-refractivity contribution in [3.05, 3.63) is 211 Å². The highest BCUT2D eigenvalue weighted by atomic mass is 32.1. The monoisotopic (exact) mass is 838 g/mol. The highest BCUT2D eigenvalue weighted by molar-refractivity contribution is 7.26. The van der Waals surface area contributed by atoms with Crippen LogP contribution >= 0.6 is 11.3 Å². The molecule has 64 heavy (non-hydrogen) atoms. The highest BCUT2D eigenvalue weighted by Gasteiger charge is 2.26. The van der Waals surface area contributed by atoms with Gasteiger partial charge in [-0.1, -0.05) is 133 Å². The van der Waals surface area contributed by atoms with E-state index in [1.165, 1.54) is 42.0 Å². The summed E-state index contributed by atoms with van der Waals surface area (Å²) in [6.07, 6.45) is -0.400. The molecule has 1 unspecified atom stereocenters. The quantitative estimate of drug-likeness (QED) is 0.188. The molecule has 9 aromatic carbocycles. The molecule has 1 aliphatic heterocycles. The van der Waals surface area contributed by atoms with Crippen LogP contribution in [-0.4, -0.2) is 16.2 Å². The number of amidine groups is 2. The summed E-state index contributed by atoms with van der Waals surface area (Å²) in [5.41, 5.74) is 12.2. The summed E-state index contributed by atoms with van der Waals surface area (Å²) in [6.45, 7) is 0. The Morgan fingerprint density at radius 2 is 1.11 bits per heavy atom. The number of thiophene rings is 1. The van der Waals surface area contributed by atoms with Crippen molar-refractivity contribution in [1.82, 2.24) is 9.88 Å². The molecule has 0 amide bonds. The van der Waals surface area contributed by atoms with E-state index in [1.807, 2.05) is 53.8 Å². The van der Waals surface area contributed by atoms with E-state index >= 15 is 0 Å². The first-order chi connectivity index (χ1) is 31.7. The third-order valence-corrected chi connectivity index (χ3v) is 14.0. The predicted octanol–water partition coefficient (Wildman–Crippen LogP) is 15.1. The fourth-order valence-corrected chi connectivity index (χ4v) is 11.2. The molecule has 1 N–H and O–H groups in total. The normalized spacial score (nSPS) is 14.4. The van der Waals surface area contributed by atoms with E-state index in [4.69, 9.17) is 18.8 Å². The second-order valence-electron chi connectivity index (χ2n) is 16.5. The van der Waals surface area contributed by atoms with Crippen molar-refractivity contribution in [3.63, 3.8) is 0 Å². The van der Waals surface area contributed by atoms with Crippen LogP contribution < -0.4 is 5.32 Å². The first-order valence-electron chi connectivity index (χ1n) is 21.5. The fourth-order valence-electron chi connectivity index (χ4n) is 10.1. The minimum Gasteiger partial charge on any atom is -0.456 e. The lowest BCUT2D eigenvalue weighted by molar-refractivity contribution is 0.662. The van der Waals surface area contributed by atoms with Gasteiger partial charge in [0.05, 0.1) is 11.0 Å². The van der Waals surface area contributed by atoms with Crippen LogP contribution in [0.4, 0.5) is 0 Å². The van der Waals surface area contributed by atoms with Crippen LogP contribution in [0.15, 0.2) is 213 Å². The van der Waals surface area contributed by atoms with Crippen LogP contribution in [0, 0.1) is 0 Å². The number of furan rings is 2. The smallest absolute Gasteiger partial charge is 0.159 e. The summed E-state index contributed by atoms with van der Waals surface area (Å²) in [7, 11) is 0. The first-order valence-corrected chi connectivity index (χ1v) is 22.3. The average molecular weight is 839 g/mol. The van der Waals surface area contributed by atoms with Gasteiger partial charge in [0, 0.05) is 80.9 Å². The molecule has 6 nitrogen and oxygen atoms in total. The van der Waals surface area contributed by atoms with Gasteiger partial charge < -0.3 is 18.7 Å². The Morgan fingerprint density at radius 1 is 0.453 bits per heavy atom. The topological polar surface area (TPSA) is 68.0 Å². The molecule has 300 valence electrons. The lowest BCUT2D eigenvalue weighted by atomic mass is 9.97. The predicted molar refractivity (Wildman–Crippen MR) is 265 cm³/mol. The minimum atomic E-state index is -0.400. The molecule has 1 atom stereocenters. The number of benzene rings is 9. The number of hydrogen-bond donors (Lipinski definition) is 1. The molecule has 0 bridgehead atoms. The molecule has 7 heteroatoms. The van der Waals surface area contributed by atoms with Gasteiger partial charge in [-0.25, -0.2) is 9.98 Å². The second kappa shape index (κ2) is 13.6. The van der Waals surface area contributed by atoms with Gasteiger partial charge in [-0.05, 0) is 65.7 Å². The Morgan fingerprint density at radius 3 is 1.95 bits per heavy atom. The second-order valence-corrected chi connectivity index (χ2v) is 17.6. The van der Waals surface area contributed by atoms with Crippen molar-refractivity contribution in [2.24, 2.45) is 9.98 Å². The summed E-state index contributed by atoms with van der Waals surface area (Å²) in [4.78, 5) is 10.5. The Bertz CT molecular complexity index is 4080. The maximum Gasteiger partial charge on any atom is 0.159 e. The number of nitrogens with zero attached hydrogens (tertiary/aromatic N) is 3. The van der Waals surface area contributed by atoms with E-state index in [1.54, 1.807) is 0 Å². The Labute approximate surface area is 369 Å². The van der Waals surface area contributed by atoms with Crippen molar-refractivity contribution in [3.8, 4) is 16.8 Å². The van der Waals surface area contributed by atoms with Crippen molar-refractivity contribution in [2.75, 3.05) is 0 Å². The molecule has 0 aliphatic carbocycles. The molecule has 0 radical (unpaired) electrons. The summed E-state index contributed by atoms with van der Waals surface area (Å²) in [5, 5.41) is 13.0. The van der Waals surface area contributed by atoms with Crippen molar-refractivity contribution in [2.45, 2.75) is 6.17 Å². The van der Waals surface area contributed by atoms with Crippen LogP contribution in [0.2, 0.25) is 0 Å². The van der Waals surface area contributed by atoms with Gasteiger partial charge in [0.25, 0.3) is 0 Å². The molecule has 5 heterocycles. The molecule has 0 saturated carbocycles. The first kappa shape index (κ1) is 35.3. The molecule has 0 spiro atoms. The molecule has 13 aromatic rings. The standard InChI is InChI=1S/C57H34N4O2S/c1-2-13-33(14-3-1)55-58-56(42-19-11-25-48-53(42)39-17-6-9-23-46(39)62-48)60-57(59-55)43-20-12-26-50-54(43)41-29-27-34(31-51(41)64-50)36-18-10-24-47-52(36)40-30-28-35(32-49(40)63-47)61-44-21-7-4-15-37(44)38-16-5-8-22-45(38)61/h1-32,56H,(H,58,59,60). The molecule has 0 fully saturated rings. The van der Waals surface area contributed by atoms with E-state index in [9.17, 15) is 0 Å². The van der Waals surface area contributed by atoms with Crippen LogP contribution in [0.25, 0.3) is 103 Å². The van der Waals surface area contributed by atoms with Gasteiger partial charge in [-0.3, -0.25) is 0 Å². The molecule has 14 rings (SSSR count). The zero-order chi connectivity index (χ0) is 41.9. The van der Waals surface area contributed by atoms with Gasteiger partial charge >= 0.3 is 0 Å². The SMILES string of the molecule is c1ccc(C2=NC(c3cccc4oc5ccccc5c34)NC(c3cccc4sc5cc(-c6cccc7oc8cc(-n9c%10ccccc%10c%10ccccc%109)ccc8c67)ccc5c34)=N2)cc1. The Hall–Kier alpha value is -8.26. The number of rotatable bonds is 5. The van der Waals surface area contributed by atoms with Gasteiger partial charge in [0.1, 0.15) is 34.3 Å². The summed E-state index contributed by atoms with van der Waals surface area (Å²) in [6, 6.07) is 68.4. The van der Waals surface area contributed by atoms with Crippen molar-refractivity contribution < 1.29 is 8.83 Å². The Balaban J connectivity index is 0.888. The maximum atomic E-state index is 6.67. The highest BCUT2D eigenvalue weighted by Crippen LogP contribution is 2.43. The number of para-hydroxylation sites is 3. The molecular formula is C57H34N4O2S. The van der Waals surface area contributed by atoms with Crippen LogP contribution in [0.3, 0.4) is 0 Å². The average Bonchev–Trinajstić information content (AvgIpc) is 4.12. The number of fused-ring (bicyclic) bond motifs is 12.